The molecule has 9 N–H and O–H groups in total. The molecule has 4 rings (SSSR count). The molecule has 0 aliphatic heterocycles. The standard InChI is InChI=1S/C20H23ClN6O.C6H7NO/c21-12-18(23)24-11-3-6-17(19-25-15-4-1-2-5-16(15)26-19)27-20(28)13-7-9-14(22)10-8-13;7-5-1-3-6(8)4-2-5/h1-2,4-5,7-10,17H,3,6,11-12,22H2,(H2,23,24)(H,25,26)(H,27,28);1-4,8H,7H2. The number of halogens is 1. The Bertz CT molecular complexity index is 1230. The maximum Gasteiger partial charge on any atom is 0.251 e. The van der Waals surface area contributed by atoms with E-state index in [1.54, 1.807) is 48.5 Å². The summed E-state index contributed by atoms with van der Waals surface area (Å²) in [6.07, 6.45) is 1.38. The number of amidine groups is 1. The number of nitrogens with one attached hydrogen (secondary N) is 2. The van der Waals surface area contributed by atoms with Crippen LogP contribution in [0, 0.1) is 0 Å². The zero-order chi connectivity index (χ0) is 25.9. The number of nitrogens with zero attached hydrogens (tertiary/aromatic N) is 2. The number of benzene rings is 3. The number of imidazole rings is 1. The quantitative estimate of drug-likeness (QED) is 0.0526. The summed E-state index contributed by atoms with van der Waals surface area (Å²) >= 11 is 5.65. The van der Waals surface area contributed by atoms with Crippen LogP contribution < -0.4 is 22.5 Å². The maximum atomic E-state index is 12.7. The molecule has 0 saturated heterocycles. The molecule has 1 heterocycles. The highest BCUT2D eigenvalue weighted by molar-refractivity contribution is 6.27. The average Bonchev–Trinajstić information content (AvgIpc) is 3.32. The molecule has 0 bridgehead atoms. The number of rotatable bonds is 8. The Kier molecular flexibility index (Phi) is 9.53. The van der Waals surface area contributed by atoms with E-state index in [9.17, 15) is 4.79 Å². The van der Waals surface area contributed by atoms with E-state index in [2.05, 4.69) is 20.3 Å². The molecule has 4 aromatic rings. The number of hydrogen-bond donors (Lipinski definition) is 6. The van der Waals surface area contributed by atoms with Gasteiger partial charge in [-0.1, -0.05) is 12.1 Å². The van der Waals surface area contributed by atoms with E-state index in [0.29, 0.717) is 41.6 Å². The van der Waals surface area contributed by atoms with Gasteiger partial charge in [-0.2, -0.15) is 0 Å². The molecule has 0 aliphatic carbocycles. The van der Waals surface area contributed by atoms with E-state index < -0.39 is 0 Å². The number of nitrogens with two attached hydrogens (primary N) is 3. The van der Waals surface area contributed by atoms with Crippen LogP contribution in [0.2, 0.25) is 0 Å². The number of aromatic amines is 1. The summed E-state index contributed by atoms with van der Waals surface area (Å²) in [6, 6.07) is 20.7. The minimum atomic E-state index is -0.287. The van der Waals surface area contributed by atoms with Crippen molar-refractivity contribution in [3.05, 3.63) is 84.2 Å². The van der Waals surface area contributed by atoms with Crippen LogP contribution in [0.4, 0.5) is 11.4 Å². The number of fused-ring (bicyclic) bond motifs is 1. The second-order valence-electron chi connectivity index (χ2n) is 8.03. The smallest absolute Gasteiger partial charge is 0.251 e. The van der Waals surface area contributed by atoms with E-state index in [4.69, 9.17) is 33.9 Å². The molecule has 1 amide bonds. The third-order valence-corrected chi connectivity index (χ3v) is 5.49. The lowest BCUT2D eigenvalue weighted by atomic mass is 10.1. The predicted molar refractivity (Wildman–Crippen MR) is 146 cm³/mol. The second kappa shape index (κ2) is 13.0. The molecule has 0 fully saturated rings. The minimum absolute atomic E-state index is 0.186. The van der Waals surface area contributed by atoms with Crippen LogP contribution in [-0.4, -0.2) is 39.2 Å². The third kappa shape index (κ3) is 7.92. The highest BCUT2D eigenvalue weighted by atomic mass is 35.5. The molecule has 0 radical (unpaired) electrons. The SMILES string of the molecule is NC(CCl)=NCCCC(NC(=O)c1ccc(N)cc1)c1nc2ccccc2[nH]1.Nc1ccc(O)cc1. The van der Waals surface area contributed by atoms with Gasteiger partial charge in [-0.3, -0.25) is 9.79 Å². The fourth-order valence-corrected chi connectivity index (χ4v) is 3.41. The van der Waals surface area contributed by atoms with Gasteiger partial charge in [0.2, 0.25) is 0 Å². The van der Waals surface area contributed by atoms with E-state index in [0.717, 1.165) is 17.5 Å². The number of aromatic nitrogens is 2. The van der Waals surface area contributed by atoms with Crippen LogP contribution in [0.5, 0.6) is 5.75 Å². The Hall–Kier alpha value is -4.24. The van der Waals surface area contributed by atoms with Gasteiger partial charge in [-0.15, -0.1) is 11.6 Å². The Morgan fingerprint density at radius 3 is 2.28 bits per heavy atom. The first kappa shape index (κ1) is 26.4. The van der Waals surface area contributed by atoms with Crippen molar-refractivity contribution in [3.8, 4) is 5.75 Å². The first-order valence-electron chi connectivity index (χ1n) is 11.4. The van der Waals surface area contributed by atoms with Crippen molar-refractivity contribution < 1.29 is 9.90 Å². The molecular weight excluding hydrogens is 478 g/mol. The molecular formula is C26H30ClN7O2. The topological polar surface area (TPSA) is 168 Å². The van der Waals surface area contributed by atoms with Crippen molar-refractivity contribution in [3.63, 3.8) is 0 Å². The van der Waals surface area contributed by atoms with Crippen molar-refractivity contribution in [2.75, 3.05) is 23.9 Å². The van der Waals surface area contributed by atoms with Gasteiger partial charge in [0.05, 0.1) is 23.0 Å². The number of aliphatic imine (C=N–C) groups is 1. The number of aromatic hydroxyl groups is 1. The lowest BCUT2D eigenvalue weighted by Gasteiger charge is -2.16. The van der Waals surface area contributed by atoms with Gasteiger partial charge in [0.25, 0.3) is 5.91 Å². The van der Waals surface area contributed by atoms with E-state index >= 15 is 0 Å². The van der Waals surface area contributed by atoms with Crippen LogP contribution in [0.25, 0.3) is 11.0 Å². The fraction of sp³-hybridized carbons (Fsp3) is 0.192. The summed E-state index contributed by atoms with van der Waals surface area (Å²) < 4.78 is 0. The number of hydrogen-bond acceptors (Lipinski definition) is 6. The molecule has 188 valence electrons. The zero-order valence-corrected chi connectivity index (χ0v) is 20.4. The van der Waals surface area contributed by atoms with Gasteiger partial charge in [0.15, 0.2) is 0 Å². The molecule has 3 aromatic carbocycles. The van der Waals surface area contributed by atoms with Crippen LogP contribution in [-0.2, 0) is 0 Å². The van der Waals surface area contributed by atoms with Crippen molar-refractivity contribution in [1.82, 2.24) is 15.3 Å². The largest absolute Gasteiger partial charge is 0.508 e. The average molecular weight is 508 g/mol. The minimum Gasteiger partial charge on any atom is -0.508 e. The molecule has 1 unspecified atom stereocenters. The number of amides is 1. The lowest BCUT2D eigenvalue weighted by Crippen LogP contribution is -2.29. The molecule has 36 heavy (non-hydrogen) atoms. The number of carbonyl (C=O) groups excluding carboxylic acids is 1. The number of phenols is 1. The predicted octanol–water partition coefficient (Wildman–Crippen LogP) is 3.97. The summed E-state index contributed by atoms with van der Waals surface area (Å²) in [5, 5.41) is 11.8. The Morgan fingerprint density at radius 1 is 1.03 bits per heavy atom. The Labute approximate surface area is 214 Å². The van der Waals surface area contributed by atoms with Crippen molar-refractivity contribution in [2.24, 2.45) is 10.7 Å². The van der Waals surface area contributed by atoms with Crippen molar-refractivity contribution in [2.45, 2.75) is 18.9 Å². The monoisotopic (exact) mass is 507 g/mol. The zero-order valence-electron chi connectivity index (χ0n) is 19.7. The van der Waals surface area contributed by atoms with Crippen LogP contribution >= 0.6 is 11.6 Å². The maximum absolute atomic E-state index is 12.7. The highest BCUT2D eigenvalue weighted by Gasteiger charge is 2.19. The van der Waals surface area contributed by atoms with Crippen LogP contribution in [0.3, 0.4) is 0 Å². The number of para-hydroxylation sites is 2. The Balaban J connectivity index is 0.000000383. The molecule has 10 heteroatoms. The van der Waals surface area contributed by atoms with Gasteiger partial charge in [-0.05, 0) is 73.5 Å². The van der Waals surface area contributed by atoms with Crippen LogP contribution in [0.1, 0.15) is 35.1 Å². The van der Waals surface area contributed by atoms with Gasteiger partial charge in [0.1, 0.15) is 17.4 Å². The fourth-order valence-electron chi connectivity index (χ4n) is 3.33. The van der Waals surface area contributed by atoms with Crippen molar-refractivity contribution >= 4 is 45.8 Å². The number of phenolic OH excluding ortho intramolecular Hbond substituents is 1. The Morgan fingerprint density at radius 2 is 1.67 bits per heavy atom. The molecule has 1 aromatic heterocycles. The van der Waals surface area contributed by atoms with Crippen LogP contribution in [0.15, 0.2) is 77.8 Å². The highest BCUT2D eigenvalue weighted by Crippen LogP contribution is 2.21. The number of anilines is 2. The summed E-state index contributed by atoms with van der Waals surface area (Å²) in [6.45, 7) is 0.535. The van der Waals surface area contributed by atoms with Gasteiger partial charge in [-0.25, -0.2) is 4.98 Å². The number of alkyl halides is 1. The molecule has 9 nitrogen and oxygen atoms in total. The van der Waals surface area contributed by atoms with Gasteiger partial charge < -0.3 is 32.6 Å². The summed E-state index contributed by atoms with van der Waals surface area (Å²) in [4.78, 5) is 24.8. The molecule has 0 saturated carbocycles. The van der Waals surface area contributed by atoms with Crippen molar-refractivity contribution in [1.29, 1.82) is 0 Å². The molecule has 0 aliphatic rings. The first-order chi connectivity index (χ1) is 17.4. The normalized spacial score (nSPS) is 12.0. The lowest BCUT2D eigenvalue weighted by molar-refractivity contribution is 0.0932. The number of H-pyrrole nitrogens is 1. The molecule has 0 spiro atoms. The molecule has 1 atom stereocenters. The second-order valence-corrected chi connectivity index (χ2v) is 8.29. The third-order valence-electron chi connectivity index (χ3n) is 5.21. The first-order valence-corrected chi connectivity index (χ1v) is 11.9. The van der Waals surface area contributed by atoms with Gasteiger partial charge >= 0.3 is 0 Å². The summed E-state index contributed by atoms with van der Waals surface area (Å²) in [5.74, 6) is 1.39. The number of carbonyl (C=O) groups is 1. The summed E-state index contributed by atoms with van der Waals surface area (Å²) in [5.41, 5.74) is 20.3. The summed E-state index contributed by atoms with van der Waals surface area (Å²) in [7, 11) is 0. The number of nitrogen functional groups attached to an aromatic ring is 2. The van der Waals surface area contributed by atoms with E-state index in [1.165, 1.54) is 0 Å². The van der Waals surface area contributed by atoms with Gasteiger partial charge in [0, 0.05) is 23.5 Å². The van der Waals surface area contributed by atoms with E-state index in [-0.39, 0.29) is 23.6 Å². The van der Waals surface area contributed by atoms with E-state index in [1.807, 2.05) is 24.3 Å².